The number of hydrogen-bond donors (Lipinski definition) is 6. The van der Waals surface area contributed by atoms with E-state index in [0.29, 0.717) is 45.6 Å². The zero-order valence-electron chi connectivity index (χ0n) is 39.8. The van der Waals surface area contributed by atoms with Crippen molar-refractivity contribution in [1.82, 2.24) is 20.9 Å². The number of carboxylic acids is 1. The molecule has 2 unspecified atom stereocenters. The number of nitrogens with zero attached hydrogens (tertiary/aromatic N) is 1. The van der Waals surface area contributed by atoms with E-state index in [1.54, 1.807) is 0 Å². The number of carbonyl (C=O) groups is 3. The number of nitrogens with one attached hydrogen (secondary N) is 3. The summed E-state index contributed by atoms with van der Waals surface area (Å²) in [5, 5.41) is 19.2. The van der Waals surface area contributed by atoms with Crippen LogP contribution in [0, 0.1) is 0 Å². The minimum atomic E-state index is -1.12. The molecule has 2 atom stereocenters. The van der Waals surface area contributed by atoms with Crippen LogP contribution in [-0.2, 0) is 14.4 Å². The van der Waals surface area contributed by atoms with Gasteiger partial charge in [0.1, 0.15) is 6.04 Å². The monoisotopic (exact) mass is 851 g/mol. The maximum atomic E-state index is 13.6. The van der Waals surface area contributed by atoms with Crippen LogP contribution in [0.3, 0.4) is 0 Å². The summed E-state index contributed by atoms with van der Waals surface area (Å²) in [5.41, 5.74) is 11.2. The highest BCUT2D eigenvalue weighted by molar-refractivity contribution is 5.87. The first-order valence-corrected chi connectivity index (χ1v) is 26.1. The molecule has 0 aromatic heterocycles. The van der Waals surface area contributed by atoms with Crippen molar-refractivity contribution in [2.24, 2.45) is 11.5 Å². The van der Waals surface area contributed by atoms with E-state index in [0.717, 1.165) is 38.8 Å². The SMILES string of the molecule is CCCCCCCCCCCCCCCCCCN(CCCCCCCCCCCCCCCCCC)C(=O)CCC(NC(=O)C(CCNCCN)NCCCN)C(=O)O. The fraction of sp³-hybridized carbons (Fsp3) is 0.940. The molecule has 0 heterocycles. The minimum Gasteiger partial charge on any atom is -0.480 e. The van der Waals surface area contributed by atoms with Crippen LogP contribution in [-0.4, -0.2) is 85.7 Å². The number of carbonyl (C=O) groups excluding carboxylic acids is 2. The fourth-order valence-corrected chi connectivity index (χ4v) is 8.20. The molecule has 356 valence electrons. The van der Waals surface area contributed by atoms with Crippen molar-refractivity contribution in [3.05, 3.63) is 0 Å². The lowest BCUT2D eigenvalue weighted by molar-refractivity contribution is -0.142. The third-order valence-electron chi connectivity index (χ3n) is 12.2. The van der Waals surface area contributed by atoms with Crippen LogP contribution in [0.1, 0.15) is 245 Å². The molecule has 0 aliphatic carbocycles. The highest BCUT2D eigenvalue weighted by Gasteiger charge is 2.26. The molecule has 2 amide bonds. The van der Waals surface area contributed by atoms with Gasteiger partial charge in [-0.15, -0.1) is 0 Å². The Morgan fingerprint density at radius 3 is 1.20 bits per heavy atom. The van der Waals surface area contributed by atoms with Crippen molar-refractivity contribution in [2.45, 2.75) is 257 Å². The van der Waals surface area contributed by atoms with Gasteiger partial charge in [0.2, 0.25) is 11.8 Å². The summed E-state index contributed by atoms with van der Waals surface area (Å²) in [5.74, 6) is -1.47. The Morgan fingerprint density at radius 1 is 0.467 bits per heavy atom. The lowest BCUT2D eigenvalue weighted by Crippen LogP contribution is -2.51. The average molecular weight is 851 g/mol. The summed E-state index contributed by atoms with van der Waals surface area (Å²) >= 11 is 0. The molecule has 10 nitrogen and oxygen atoms in total. The average Bonchev–Trinajstić information content (AvgIpc) is 3.24. The fourth-order valence-electron chi connectivity index (χ4n) is 8.20. The predicted octanol–water partition coefficient (Wildman–Crippen LogP) is 10.9. The lowest BCUT2D eigenvalue weighted by atomic mass is 10.0. The summed E-state index contributed by atoms with van der Waals surface area (Å²) in [6, 6.07) is -1.68. The summed E-state index contributed by atoms with van der Waals surface area (Å²) < 4.78 is 0. The Morgan fingerprint density at radius 2 is 0.850 bits per heavy atom. The van der Waals surface area contributed by atoms with Crippen LogP contribution >= 0.6 is 0 Å². The Balaban J connectivity index is 4.76. The van der Waals surface area contributed by atoms with Gasteiger partial charge in [0.15, 0.2) is 0 Å². The van der Waals surface area contributed by atoms with Gasteiger partial charge in [-0.2, -0.15) is 0 Å². The third-order valence-corrected chi connectivity index (χ3v) is 12.2. The molecule has 0 saturated heterocycles. The van der Waals surface area contributed by atoms with Gasteiger partial charge >= 0.3 is 5.97 Å². The second-order valence-corrected chi connectivity index (χ2v) is 17.9. The lowest BCUT2D eigenvalue weighted by Gasteiger charge is -2.25. The first-order chi connectivity index (χ1) is 29.4. The Kier molecular flexibility index (Phi) is 45.4. The quantitative estimate of drug-likeness (QED) is 0.0330. The van der Waals surface area contributed by atoms with Crippen molar-refractivity contribution >= 4 is 17.8 Å². The Hall–Kier alpha value is -1.75. The molecule has 0 spiro atoms. The zero-order valence-corrected chi connectivity index (χ0v) is 39.8. The molecule has 60 heavy (non-hydrogen) atoms. The van der Waals surface area contributed by atoms with E-state index in [1.165, 1.54) is 180 Å². The molecular formula is C50H102N6O4. The van der Waals surface area contributed by atoms with E-state index < -0.39 is 18.1 Å². The molecule has 0 rings (SSSR count). The zero-order chi connectivity index (χ0) is 44.0. The smallest absolute Gasteiger partial charge is 0.326 e. The van der Waals surface area contributed by atoms with Crippen LogP contribution in [0.4, 0.5) is 0 Å². The van der Waals surface area contributed by atoms with E-state index in [2.05, 4.69) is 29.8 Å². The van der Waals surface area contributed by atoms with Gasteiger partial charge in [-0.25, -0.2) is 4.79 Å². The van der Waals surface area contributed by atoms with Crippen molar-refractivity contribution in [1.29, 1.82) is 0 Å². The molecule has 0 aromatic rings. The normalized spacial score (nSPS) is 12.5. The van der Waals surface area contributed by atoms with Crippen LogP contribution in [0.5, 0.6) is 0 Å². The van der Waals surface area contributed by atoms with Crippen molar-refractivity contribution < 1.29 is 19.5 Å². The number of hydrogen-bond acceptors (Lipinski definition) is 7. The predicted molar refractivity (Wildman–Crippen MR) is 256 cm³/mol. The molecule has 8 N–H and O–H groups in total. The highest BCUT2D eigenvalue weighted by atomic mass is 16.4. The molecule has 0 aliphatic heterocycles. The molecule has 0 fully saturated rings. The summed E-state index contributed by atoms with van der Waals surface area (Å²) in [6.45, 7) is 8.80. The van der Waals surface area contributed by atoms with E-state index in [-0.39, 0.29) is 24.7 Å². The first kappa shape index (κ1) is 58.2. The molecule has 10 heteroatoms. The standard InChI is InChI=1S/C50H102N6O4/c1-3-5-7-9-11-13-15-17-19-21-23-25-27-29-31-33-44-56(45-34-32-30-28-26-24-22-20-18-16-14-12-10-8-6-4-2)48(57)37-36-47(50(59)60)55-49(58)46(54-41-35-39-51)38-42-53-43-40-52/h46-47,53-54H,3-45,51-52H2,1-2H3,(H,55,58)(H,59,60). The maximum Gasteiger partial charge on any atom is 0.326 e. The van der Waals surface area contributed by atoms with E-state index in [1.807, 2.05) is 4.90 Å². The number of carboxylic acid groups (broad SMARTS) is 1. The highest BCUT2D eigenvalue weighted by Crippen LogP contribution is 2.17. The molecule has 0 aromatic carbocycles. The van der Waals surface area contributed by atoms with Crippen LogP contribution in [0.15, 0.2) is 0 Å². The van der Waals surface area contributed by atoms with Crippen molar-refractivity contribution in [3.63, 3.8) is 0 Å². The number of aliphatic carboxylic acids is 1. The Labute approximate surface area is 371 Å². The Bertz CT molecular complexity index is 904. The summed E-state index contributed by atoms with van der Waals surface area (Å²) in [6.07, 6.45) is 43.5. The number of unbranched alkanes of at least 4 members (excludes halogenated alkanes) is 30. The van der Waals surface area contributed by atoms with Gasteiger partial charge in [-0.1, -0.05) is 206 Å². The molecule has 0 aliphatic rings. The molecule has 0 saturated carbocycles. The minimum absolute atomic E-state index is 0.000947. The van der Waals surface area contributed by atoms with Gasteiger partial charge in [0, 0.05) is 32.6 Å². The van der Waals surface area contributed by atoms with Gasteiger partial charge < -0.3 is 37.4 Å². The summed E-state index contributed by atoms with van der Waals surface area (Å²) in [7, 11) is 0. The number of amides is 2. The first-order valence-electron chi connectivity index (χ1n) is 26.1. The molecule has 0 bridgehead atoms. The van der Waals surface area contributed by atoms with Gasteiger partial charge in [0.25, 0.3) is 0 Å². The number of nitrogens with two attached hydrogens (primary N) is 2. The topological polar surface area (TPSA) is 163 Å². The maximum absolute atomic E-state index is 13.6. The number of rotatable bonds is 49. The van der Waals surface area contributed by atoms with Crippen LogP contribution in [0.25, 0.3) is 0 Å². The van der Waals surface area contributed by atoms with E-state index >= 15 is 0 Å². The third kappa shape index (κ3) is 39.1. The second kappa shape index (κ2) is 46.7. The van der Waals surface area contributed by atoms with Crippen LogP contribution < -0.4 is 27.4 Å². The van der Waals surface area contributed by atoms with E-state index in [9.17, 15) is 19.5 Å². The van der Waals surface area contributed by atoms with Gasteiger partial charge in [-0.05, 0) is 51.7 Å². The van der Waals surface area contributed by atoms with Gasteiger partial charge in [0.05, 0.1) is 6.04 Å². The van der Waals surface area contributed by atoms with Crippen LogP contribution in [0.2, 0.25) is 0 Å². The van der Waals surface area contributed by atoms with E-state index in [4.69, 9.17) is 11.5 Å². The van der Waals surface area contributed by atoms with Crippen molar-refractivity contribution in [3.8, 4) is 0 Å². The largest absolute Gasteiger partial charge is 0.480 e. The molecular weight excluding hydrogens is 749 g/mol. The second-order valence-electron chi connectivity index (χ2n) is 17.9. The summed E-state index contributed by atoms with van der Waals surface area (Å²) in [4.78, 5) is 41.1. The molecule has 0 radical (unpaired) electrons. The van der Waals surface area contributed by atoms with Gasteiger partial charge in [-0.3, -0.25) is 9.59 Å². The van der Waals surface area contributed by atoms with Crippen molar-refractivity contribution in [2.75, 3.05) is 45.8 Å².